The highest BCUT2D eigenvalue weighted by Gasteiger charge is 2.23. The standard InChI is InChI=1S/C31H40FNO3/c1-2-3-4-5-6-7-8-9-20-35-23-24-10-12-25(13-11-24)26-14-16-27(17-15-26)31(34)36-29-19-18-28(22-33)30(32)21-29/h14-19,21,24-25H,2-13,20,23H2,1H3/t24-,25-. The largest absolute Gasteiger partial charge is 0.423 e. The highest BCUT2D eigenvalue weighted by atomic mass is 19.1. The first-order valence-corrected chi connectivity index (χ1v) is 13.7. The van der Waals surface area contributed by atoms with Crippen LogP contribution in [0.4, 0.5) is 4.39 Å². The second-order valence-electron chi connectivity index (χ2n) is 10.0. The molecule has 0 atom stereocenters. The molecule has 0 radical (unpaired) electrons. The Bertz CT molecular complexity index is 974. The fourth-order valence-corrected chi connectivity index (χ4v) is 4.96. The van der Waals surface area contributed by atoms with E-state index in [1.165, 1.54) is 81.9 Å². The molecule has 4 nitrogen and oxygen atoms in total. The van der Waals surface area contributed by atoms with Crippen molar-refractivity contribution in [2.45, 2.75) is 89.9 Å². The number of hydrogen-bond acceptors (Lipinski definition) is 4. The molecule has 0 saturated heterocycles. The lowest BCUT2D eigenvalue weighted by molar-refractivity contribution is 0.0734. The second-order valence-corrected chi connectivity index (χ2v) is 10.0. The maximum absolute atomic E-state index is 13.7. The first-order valence-electron chi connectivity index (χ1n) is 13.7. The summed E-state index contributed by atoms with van der Waals surface area (Å²) in [5, 5.41) is 8.81. The number of carbonyl (C=O) groups is 1. The Morgan fingerprint density at radius 1 is 0.944 bits per heavy atom. The van der Waals surface area contributed by atoms with Gasteiger partial charge in [-0.3, -0.25) is 0 Å². The molecule has 0 aliphatic heterocycles. The Kier molecular flexibility index (Phi) is 11.9. The molecule has 36 heavy (non-hydrogen) atoms. The molecule has 1 aliphatic carbocycles. The number of nitrogens with zero attached hydrogens (tertiary/aromatic N) is 1. The lowest BCUT2D eigenvalue weighted by atomic mass is 9.79. The smallest absolute Gasteiger partial charge is 0.343 e. The number of nitriles is 1. The van der Waals surface area contributed by atoms with E-state index in [1.54, 1.807) is 18.2 Å². The number of hydrogen-bond donors (Lipinski definition) is 0. The van der Waals surface area contributed by atoms with Gasteiger partial charge in [0.05, 0.1) is 11.1 Å². The Labute approximate surface area is 215 Å². The number of halogens is 1. The summed E-state index contributed by atoms with van der Waals surface area (Å²) in [5.41, 5.74) is 1.59. The summed E-state index contributed by atoms with van der Waals surface area (Å²) in [6, 6.07) is 13.1. The van der Waals surface area contributed by atoms with Crippen LogP contribution in [0.1, 0.15) is 111 Å². The predicted molar refractivity (Wildman–Crippen MR) is 141 cm³/mol. The van der Waals surface area contributed by atoms with Crippen molar-refractivity contribution in [2.24, 2.45) is 5.92 Å². The van der Waals surface area contributed by atoms with E-state index in [0.29, 0.717) is 17.4 Å². The van der Waals surface area contributed by atoms with Crippen LogP contribution in [0, 0.1) is 23.1 Å². The van der Waals surface area contributed by atoms with E-state index in [2.05, 4.69) is 6.92 Å². The van der Waals surface area contributed by atoms with Crippen molar-refractivity contribution in [3.63, 3.8) is 0 Å². The fraction of sp³-hybridized carbons (Fsp3) is 0.548. The molecule has 194 valence electrons. The van der Waals surface area contributed by atoms with Crippen molar-refractivity contribution in [3.05, 3.63) is 65.0 Å². The van der Waals surface area contributed by atoms with E-state index >= 15 is 0 Å². The van der Waals surface area contributed by atoms with Gasteiger partial charge < -0.3 is 9.47 Å². The SMILES string of the molecule is CCCCCCCCCCOC[C@H]1CC[C@H](c2ccc(C(=O)Oc3ccc(C#N)c(F)c3)cc2)CC1. The number of ether oxygens (including phenoxy) is 2. The van der Waals surface area contributed by atoms with Crippen molar-refractivity contribution < 1.29 is 18.7 Å². The van der Waals surface area contributed by atoms with Gasteiger partial charge in [0, 0.05) is 19.3 Å². The van der Waals surface area contributed by atoms with Crippen LogP contribution in [0.3, 0.4) is 0 Å². The van der Waals surface area contributed by atoms with Gasteiger partial charge in [0.15, 0.2) is 0 Å². The van der Waals surface area contributed by atoms with Crippen molar-refractivity contribution in [1.82, 2.24) is 0 Å². The van der Waals surface area contributed by atoms with Crippen LogP contribution in [-0.4, -0.2) is 19.2 Å². The Balaban J connectivity index is 1.32. The van der Waals surface area contributed by atoms with E-state index in [-0.39, 0.29) is 11.3 Å². The van der Waals surface area contributed by atoms with Gasteiger partial charge in [0.25, 0.3) is 0 Å². The summed E-state index contributed by atoms with van der Waals surface area (Å²) >= 11 is 0. The van der Waals surface area contributed by atoms with Crippen LogP contribution in [-0.2, 0) is 4.74 Å². The third-order valence-corrected chi connectivity index (χ3v) is 7.23. The molecular weight excluding hydrogens is 453 g/mol. The quantitative estimate of drug-likeness (QED) is 0.151. The minimum Gasteiger partial charge on any atom is -0.423 e. The third kappa shape index (κ3) is 9.06. The van der Waals surface area contributed by atoms with E-state index in [1.807, 2.05) is 12.1 Å². The van der Waals surface area contributed by atoms with E-state index in [0.717, 1.165) is 32.1 Å². The van der Waals surface area contributed by atoms with Gasteiger partial charge in [-0.1, -0.05) is 64.0 Å². The number of benzene rings is 2. The zero-order chi connectivity index (χ0) is 25.6. The van der Waals surface area contributed by atoms with Crippen molar-refractivity contribution >= 4 is 5.97 Å². The normalized spacial score (nSPS) is 17.5. The predicted octanol–water partition coefficient (Wildman–Crippen LogP) is 8.35. The minimum absolute atomic E-state index is 0.0797. The zero-order valence-corrected chi connectivity index (χ0v) is 21.6. The topological polar surface area (TPSA) is 59.3 Å². The zero-order valence-electron chi connectivity index (χ0n) is 21.6. The Morgan fingerprint density at radius 3 is 2.25 bits per heavy atom. The molecule has 1 aliphatic rings. The fourth-order valence-electron chi connectivity index (χ4n) is 4.96. The van der Waals surface area contributed by atoms with Gasteiger partial charge in [0.1, 0.15) is 17.6 Å². The lowest BCUT2D eigenvalue weighted by Gasteiger charge is -2.28. The summed E-state index contributed by atoms with van der Waals surface area (Å²) < 4.78 is 25.0. The van der Waals surface area contributed by atoms with Gasteiger partial charge in [-0.05, 0) is 73.8 Å². The average Bonchev–Trinajstić information content (AvgIpc) is 2.90. The molecule has 0 unspecified atom stereocenters. The number of unbranched alkanes of at least 4 members (excludes halogenated alkanes) is 7. The van der Waals surface area contributed by atoms with Gasteiger partial charge in [-0.25, -0.2) is 9.18 Å². The molecule has 1 fully saturated rings. The van der Waals surface area contributed by atoms with Crippen LogP contribution in [0.5, 0.6) is 5.75 Å². The molecule has 0 heterocycles. The Hall–Kier alpha value is -2.71. The molecule has 0 N–H and O–H groups in total. The summed E-state index contributed by atoms with van der Waals surface area (Å²) in [4.78, 5) is 12.4. The summed E-state index contributed by atoms with van der Waals surface area (Å²) in [6.07, 6.45) is 15.2. The van der Waals surface area contributed by atoms with E-state index in [4.69, 9.17) is 14.7 Å². The molecule has 2 aromatic rings. The van der Waals surface area contributed by atoms with E-state index in [9.17, 15) is 9.18 Å². The minimum atomic E-state index is -0.702. The van der Waals surface area contributed by atoms with Gasteiger partial charge >= 0.3 is 5.97 Å². The summed E-state index contributed by atoms with van der Waals surface area (Å²) in [6.45, 7) is 4.03. The number of carbonyl (C=O) groups excluding carboxylic acids is 1. The molecule has 5 heteroatoms. The highest BCUT2D eigenvalue weighted by molar-refractivity contribution is 5.91. The van der Waals surface area contributed by atoms with Crippen LogP contribution < -0.4 is 4.74 Å². The first kappa shape index (κ1) is 27.9. The van der Waals surface area contributed by atoms with Crippen LogP contribution in [0.15, 0.2) is 42.5 Å². The second kappa shape index (κ2) is 15.4. The average molecular weight is 494 g/mol. The maximum atomic E-state index is 13.7. The maximum Gasteiger partial charge on any atom is 0.343 e. The lowest BCUT2D eigenvalue weighted by Crippen LogP contribution is -2.18. The molecular formula is C31H40FNO3. The molecule has 1 saturated carbocycles. The van der Waals surface area contributed by atoms with Crippen LogP contribution in [0.2, 0.25) is 0 Å². The number of rotatable bonds is 14. The molecule has 2 aromatic carbocycles. The molecule has 0 aromatic heterocycles. The molecule has 0 spiro atoms. The van der Waals surface area contributed by atoms with Crippen molar-refractivity contribution in [1.29, 1.82) is 5.26 Å². The van der Waals surface area contributed by atoms with Crippen molar-refractivity contribution in [2.75, 3.05) is 13.2 Å². The first-order chi connectivity index (χ1) is 17.6. The van der Waals surface area contributed by atoms with Crippen LogP contribution >= 0.6 is 0 Å². The Morgan fingerprint density at radius 2 is 1.61 bits per heavy atom. The molecule has 0 bridgehead atoms. The van der Waals surface area contributed by atoms with Gasteiger partial charge in [-0.15, -0.1) is 0 Å². The van der Waals surface area contributed by atoms with E-state index < -0.39 is 11.8 Å². The summed E-state index contributed by atoms with van der Waals surface area (Å²) in [7, 11) is 0. The third-order valence-electron chi connectivity index (χ3n) is 7.23. The molecule has 0 amide bonds. The van der Waals surface area contributed by atoms with Crippen LogP contribution in [0.25, 0.3) is 0 Å². The highest BCUT2D eigenvalue weighted by Crippen LogP contribution is 2.36. The van der Waals surface area contributed by atoms with Crippen molar-refractivity contribution in [3.8, 4) is 11.8 Å². The number of esters is 1. The molecule has 3 rings (SSSR count). The monoisotopic (exact) mass is 493 g/mol. The van der Waals surface area contributed by atoms with Gasteiger partial charge in [0.2, 0.25) is 0 Å². The summed E-state index contributed by atoms with van der Waals surface area (Å²) in [5.74, 6) is 0.00265. The van der Waals surface area contributed by atoms with Gasteiger partial charge in [-0.2, -0.15) is 5.26 Å².